The normalized spacial score (nSPS) is 13.2. The molecule has 2 aliphatic heterocycles. The molecule has 2 amide bonds. The van der Waals surface area contributed by atoms with Gasteiger partial charge in [-0.3, -0.25) is 9.59 Å². The highest BCUT2D eigenvalue weighted by Crippen LogP contribution is 2.33. The molecule has 0 spiro atoms. The number of halogens is 2. The molecule has 6 aromatic rings. The van der Waals surface area contributed by atoms with Crippen LogP contribution in [0.2, 0.25) is 10.0 Å². The van der Waals surface area contributed by atoms with Crippen LogP contribution in [0.1, 0.15) is 78.1 Å². The van der Waals surface area contributed by atoms with Gasteiger partial charge < -0.3 is 19.6 Å². The van der Waals surface area contributed by atoms with Gasteiger partial charge in [0.2, 0.25) is 11.8 Å². The number of rotatable bonds is 10. The van der Waals surface area contributed by atoms with Crippen LogP contribution >= 0.6 is 23.2 Å². The molecule has 6 aromatic carbocycles. The van der Waals surface area contributed by atoms with Crippen molar-refractivity contribution < 1.29 is 29.0 Å². The molecule has 0 bridgehead atoms. The first-order valence-corrected chi connectivity index (χ1v) is 20.1. The zero-order valence-electron chi connectivity index (χ0n) is 32.5. The van der Waals surface area contributed by atoms with Crippen LogP contribution in [0.4, 0.5) is 11.4 Å². The summed E-state index contributed by atoms with van der Waals surface area (Å²) >= 11 is 12.0. The molecule has 0 atom stereocenters. The first-order chi connectivity index (χ1) is 28.6. The van der Waals surface area contributed by atoms with E-state index in [9.17, 15) is 24.3 Å². The molecule has 0 unspecified atom stereocenters. The number of hydrogen-bond acceptors (Lipinski definition) is 5. The molecular weight excluding hydrogens is 783 g/mol. The van der Waals surface area contributed by atoms with Crippen molar-refractivity contribution in [3.8, 4) is 0 Å². The fourth-order valence-electron chi connectivity index (χ4n) is 7.67. The lowest BCUT2D eigenvalue weighted by atomic mass is 9.94. The zero-order chi connectivity index (χ0) is 41.5. The third kappa shape index (κ3) is 9.91. The fourth-order valence-corrected chi connectivity index (χ4v) is 8.01. The molecule has 0 saturated heterocycles. The summed E-state index contributed by atoms with van der Waals surface area (Å²) in [5, 5.41) is 10.4. The number of aryl methyl sites for hydroxylation is 2. The van der Waals surface area contributed by atoms with Crippen LogP contribution in [0.15, 0.2) is 133 Å². The van der Waals surface area contributed by atoms with E-state index in [2.05, 4.69) is 12.1 Å². The van der Waals surface area contributed by atoms with E-state index in [-0.39, 0.29) is 17.4 Å². The molecule has 0 radical (unpaired) electrons. The first kappa shape index (κ1) is 41.0. The second-order valence-corrected chi connectivity index (χ2v) is 15.5. The highest BCUT2D eigenvalue weighted by Gasteiger charge is 2.26. The van der Waals surface area contributed by atoms with Crippen molar-refractivity contribution in [2.45, 2.75) is 51.6 Å². The Balaban J connectivity index is 0.000000179. The van der Waals surface area contributed by atoms with Crippen molar-refractivity contribution in [1.29, 1.82) is 0 Å². The van der Waals surface area contributed by atoms with Gasteiger partial charge in [0.05, 0.1) is 31.3 Å². The Hall–Kier alpha value is -6.22. The Morgan fingerprint density at radius 3 is 1.44 bits per heavy atom. The van der Waals surface area contributed by atoms with Crippen molar-refractivity contribution in [3.63, 3.8) is 0 Å². The number of carboxylic acids is 1. The summed E-state index contributed by atoms with van der Waals surface area (Å²) in [5.41, 5.74) is 10.7. The van der Waals surface area contributed by atoms with E-state index >= 15 is 0 Å². The lowest BCUT2D eigenvalue weighted by Crippen LogP contribution is -2.34. The Kier molecular flexibility index (Phi) is 12.9. The average Bonchev–Trinajstić information content (AvgIpc) is 3.25. The molecule has 8 nitrogen and oxygen atoms in total. The van der Waals surface area contributed by atoms with E-state index in [0.29, 0.717) is 60.8 Å². The van der Waals surface area contributed by atoms with E-state index in [0.717, 1.165) is 62.3 Å². The van der Waals surface area contributed by atoms with Gasteiger partial charge in [-0.2, -0.15) is 0 Å². The van der Waals surface area contributed by atoms with Crippen molar-refractivity contribution in [2.75, 3.05) is 16.9 Å². The summed E-state index contributed by atoms with van der Waals surface area (Å²) in [6.45, 7) is 1.11. The molecule has 0 aliphatic carbocycles. The van der Waals surface area contributed by atoms with Crippen LogP contribution in [-0.2, 0) is 53.1 Å². The number of aromatic carboxylic acids is 1. The molecule has 10 heteroatoms. The lowest BCUT2D eigenvalue weighted by Gasteiger charge is -2.30. The number of ether oxygens (including phenoxy) is 1. The van der Waals surface area contributed by atoms with Gasteiger partial charge in [0, 0.05) is 34.3 Å². The smallest absolute Gasteiger partial charge is 0.338 e. The second kappa shape index (κ2) is 18.6. The SMILES string of the molecule is COC(=O)c1cc(Cl)ccc1Cc1ccc2c(c1)CCC(=O)N2Cc1ccccc1.O=C(O)c1cc(Cl)ccc1Cc1ccc2c(c1)CCC(=O)N2Cc1ccccc1. The molecule has 2 aliphatic rings. The third-order valence-corrected chi connectivity index (χ3v) is 11.1. The summed E-state index contributed by atoms with van der Waals surface area (Å²) in [6, 6.07) is 42.4. The van der Waals surface area contributed by atoms with Crippen LogP contribution in [0.5, 0.6) is 0 Å². The number of esters is 1. The average molecular weight is 826 g/mol. The molecule has 1 N–H and O–H groups in total. The van der Waals surface area contributed by atoms with Gasteiger partial charge in [0.25, 0.3) is 0 Å². The minimum absolute atomic E-state index is 0.125. The largest absolute Gasteiger partial charge is 0.478 e. The quantitative estimate of drug-likeness (QED) is 0.138. The number of carboxylic acid groups (broad SMARTS) is 1. The first-order valence-electron chi connectivity index (χ1n) is 19.4. The highest BCUT2D eigenvalue weighted by atomic mass is 35.5. The van der Waals surface area contributed by atoms with E-state index in [4.69, 9.17) is 27.9 Å². The number of carbonyl (C=O) groups is 4. The molecule has 8 rings (SSSR count). The Bertz CT molecular complexity index is 2520. The van der Waals surface area contributed by atoms with Crippen LogP contribution in [0.3, 0.4) is 0 Å². The van der Waals surface area contributed by atoms with Gasteiger partial charge in [-0.15, -0.1) is 0 Å². The van der Waals surface area contributed by atoms with E-state index < -0.39 is 11.9 Å². The molecular formula is C49H42Cl2N2O6. The van der Waals surface area contributed by atoms with Crippen molar-refractivity contribution in [2.24, 2.45) is 0 Å². The second-order valence-electron chi connectivity index (χ2n) is 14.6. The van der Waals surface area contributed by atoms with Crippen LogP contribution in [0.25, 0.3) is 0 Å². The summed E-state index contributed by atoms with van der Waals surface area (Å²) in [6.07, 6.45) is 3.47. The Labute approximate surface area is 353 Å². The number of hydrogen-bond donors (Lipinski definition) is 1. The summed E-state index contributed by atoms with van der Waals surface area (Å²) in [5.74, 6) is -1.12. The lowest BCUT2D eigenvalue weighted by molar-refractivity contribution is -0.119. The minimum Gasteiger partial charge on any atom is -0.478 e. The van der Waals surface area contributed by atoms with Crippen molar-refractivity contribution >= 4 is 58.3 Å². The van der Waals surface area contributed by atoms with E-state index in [1.807, 2.05) is 101 Å². The van der Waals surface area contributed by atoms with Crippen LogP contribution in [0, 0.1) is 0 Å². The number of amides is 2. The number of anilines is 2. The van der Waals surface area contributed by atoms with Gasteiger partial charge >= 0.3 is 11.9 Å². The number of methoxy groups -OCH3 is 1. The zero-order valence-corrected chi connectivity index (χ0v) is 34.0. The van der Waals surface area contributed by atoms with Gasteiger partial charge in [0.1, 0.15) is 0 Å². The minimum atomic E-state index is -0.986. The van der Waals surface area contributed by atoms with Gasteiger partial charge in [-0.1, -0.05) is 120 Å². The van der Waals surface area contributed by atoms with Gasteiger partial charge in [-0.25, -0.2) is 9.59 Å². The monoisotopic (exact) mass is 824 g/mol. The van der Waals surface area contributed by atoms with Crippen molar-refractivity contribution in [1.82, 2.24) is 0 Å². The standard InChI is InChI=1S/C25H22ClNO3.C24H20ClNO3/c1-30-25(29)22-15-21(26)10-8-19(22)13-18-7-11-23-20(14-18)9-12-24(28)27(23)16-17-5-3-2-4-6-17;25-20-9-7-18(21(14-20)24(28)29)12-17-6-10-22-19(13-17)8-11-23(27)26(22)15-16-4-2-1-3-5-16/h2-8,10-11,14-15H,9,12-13,16H2,1H3;1-7,9-10,13-14H,8,11-12,15H2,(H,28,29). The predicted octanol–water partition coefficient (Wildman–Crippen LogP) is 10.3. The highest BCUT2D eigenvalue weighted by molar-refractivity contribution is 6.31. The fraction of sp³-hybridized carbons (Fsp3) is 0.184. The third-order valence-electron chi connectivity index (χ3n) is 10.6. The number of carbonyl (C=O) groups excluding carboxylic acids is 3. The number of nitrogens with zero attached hydrogens (tertiary/aromatic N) is 2. The predicted molar refractivity (Wildman–Crippen MR) is 232 cm³/mol. The number of fused-ring (bicyclic) bond motifs is 2. The van der Waals surface area contributed by atoms with E-state index in [1.165, 1.54) is 13.2 Å². The Morgan fingerprint density at radius 2 is 1.00 bits per heavy atom. The van der Waals surface area contributed by atoms with Crippen LogP contribution < -0.4 is 9.80 Å². The van der Waals surface area contributed by atoms with Crippen molar-refractivity contribution in [3.05, 3.63) is 199 Å². The van der Waals surface area contributed by atoms with Gasteiger partial charge in [-0.05, 0) is 107 Å². The van der Waals surface area contributed by atoms with Crippen LogP contribution in [-0.4, -0.2) is 36.0 Å². The Morgan fingerprint density at radius 1 is 0.559 bits per heavy atom. The topological polar surface area (TPSA) is 104 Å². The molecule has 0 saturated carbocycles. The molecule has 59 heavy (non-hydrogen) atoms. The molecule has 2 heterocycles. The molecule has 0 aromatic heterocycles. The maximum absolute atomic E-state index is 12.6. The van der Waals surface area contributed by atoms with Gasteiger partial charge in [0.15, 0.2) is 0 Å². The summed E-state index contributed by atoms with van der Waals surface area (Å²) in [4.78, 5) is 52.5. The maximum atomic E-state index is 12.6. The summed E-state index contributed by atoms with van der Waals surface area (Å²) in [7, 11) is 1.37. The maximum Gasteiger partial charge on any atom is 0.338 e. The van der Waals surface area contributed by atoms with E-state index in [1.54, 1.807) is 24.3 Å². The summed E-state index contributed by atoms with van der Waals surface area (Å²) < 4.78 is 4.90. The number of benzene rings is 6. The molecule has 298 valence electrons. The molecule has 0 fully saturated rings.